The number of carbonyl (C=O) groups is 2. The Hall–Kier alpha value is -2.54. The Kier molecular flexibility index (Phi) is 5.23. The lowest BCUT2D eigenvalue weighted by molar-refractivity contribution is -0.143. The zero-order valence-electron chi connectivity index (χ0n) is 13.5. The zero-order chi connectivity index (χ0) is 17.7. The third kappa shape index (κ3) is 4.11. The first-order valence-corrected chi connectivity index (χ1v) is 9.01. The second kappa shape index (κ2) is 7.57. The number of nitrogens with zero attached hydrogens (tertiary/aromatic N) is 1. The van der Waals surface area contributed by atoms with Gasteiger partial charge in [-0.3, -0.25) is 4.79 Å². The molecule has 1 atom stereocenters. The molecule has 2 aromatic rings. The van der Waals surface area contributed by atoms with Crippen LogP contribution in [0.25, 0.3) is 0 Å². The van der Waals surface area contributed by atoms with E-state index in [1.165, 1.54) is 24.0 Å². The summed E-state index contributed by atoms with van der Waals surface area (Å²) in [7, 11) is 0. The fourth-order valence-electron chi connectivity index (χ4n) is 2.54. The molecule has 0 bridgehead atoms. The van der Waals surface area contributed by atoms with Crippen LogP contribution in [-0.4, -0.2) is 39.0 Å². The Bertz CT molecular complexity index is 761. The quantitative estimate of drug-likeness (QED) is 0.824. The number of carbonyl (C=O) groups excluding carboxylic acids is 1. The summed E-state index contributed by atoms with van der Waals surface area (Å²) < 4.78 is 5.61. The molecule has 1 amide bonds. The van der Waals surface area contributed by atoms with Crippen LogP contribution in [0, 0.1) is 0 Å². The van der Waals surface area contributed by atoms with Crippen LogP contribution in [0.1, 0.15) is 22.3 Å². The molecule has 1 aliphatic heterocycles. The predicted molar refractivity (Wildman–Crippen MR) is 94.8 cm³/mol. The second-order valence-corrected chi connectivity index (χ2v) is 6.91. The summed E-state index contributed by atoms with van der Waals surface area (Å²) in [5.74, 6) is -0.0239. The van der Waals surface area contributed by atoms with Gasteiger partial charge in [0.05, 0.1) is 0 Å². The minimum Gasteiger partial charge on any atom is -0.479 e. The van der Waals surface area contributed by atoms with Gasteiger partial charge in [0, 0.05) is 23.6 Å². The topological polar surface area (TPSA) is 88.5 Å². The maximum Gasteiger partial charge on any atom is 0.330 e. The molecule has 0 saturated carbocycles. The SMILES string of the molecule is O=C(NC1(C(=O)O)CCSC1)c1ccnc(OCc2ccccc2)c1. The van der Waals surface area contributed by atoms with Crippen LogP contribution in [0.3, 0.4) is 0 Å². The summed E-state index contributed by atoms with van der Waals surface area (Å²) in [4.78, 5) is 28.1. The van der Waals surface area contributed by atoms with Crippen molar-refractivity contribution >= 4 is 23.6 Å². The smallest absolute Gasteiger partial charge is 0.330 e. The van der Waals surface area contributed by atoms with Crippen LogP contribution >= 0.6 is 11.8 Å². The molecule has 7 heteroatoms. The molecule has 0 radical (unpaired) electrons. The monoisotopic (exact) mass is 358 g/mol. The van der Waals surface area contributed by atoms with Crippen LogP contribution < -0.4 is 10.1 Å². The van der Waals surface area contributed by atoms with Crippen molar-refractivity contribution in [1.82, 2.24) is 10.3 Å². The van der Waals surface area contributed by atoms with Crippen LogP contribution in [0.2, 0.25) is 0 Å². The number of hydrogen-bond donors (Lipinski definition) is 2. The molecule has 1 aromatic carbocycles. The van der Waals surface area contributed by atoms with E-state index in [-0.39, 0.29) is 0 Å². The number of aromatic nitrogens is 1. The fraction of sp³-hybridized carbons (Fsp3) is 0.278. The molecule has 3 rings (SSSR count). The number of ether oxygens (including phenoxy) is 1. The lowest BCUT2D eigenvalue weighted by Gasteiger charge is -2.24. The van der Waals surface area contributed by atoms with Crippen molar-refractivity contribution in [2.45, 2.75) is 18.6 Å². The molecule has 0 spiro atoms. The predicted octanol–water partition coefficient (Wildman–Crippen LogP) is 2.35. The van der Waals surface area contributed by atoms with Gasteiger partial charge in [-0.05, 0) is 23.8 Å². The van der Waals surface area contributed by atoms with E-state index in [9.17, 15) is 14.7 Å². The molecule has 1 saturated heterocycles. The minimum atomic E-state index is -1.20. The molecular weight excluding hydrogens is 340 g/mol. The van der Waals surface area contributed by atoms with Gasteiger partial charge in [-0.2, -0.15) is 11.8 Å². The Balaban J connectivity index is 1.68. The van der Waals surface area contributed by atoms with Crippen molar-refractivity contribution in [2.24, 2.45) is 0 Å². The molecule has 1 aliphatic rings. The lowest BCUT2D eigenvalue weighted by Crippen LogP contribution is -2.54. The van der Waals surface area contributed by atoms with Gasteiger partial charge in [0.25, 0.3) is 5.91 Å². The van der Waals surface area contributed by atoms with E-state index < -0.39 is 17.4 Å². The van der Waals surface area contributed by atoms with Gasteiger partial charge in [-0.25, -0.2) is 9.78 Å². The third-order valence-electron chi connectivity index (χ3n) is 4.01. The summed E-state index contributed by atoms with van der Waals surface area (Å²) in [6, 6.07) is 12.7. The Morgan fingerprint density at radius 3 is 2.76 bits per heavy atom. The Morgan fingerprint density at radius 2 is 2.08 bits per heavy atom. The van der Waals surface area contributed by atoms with Crippen molar-refractivity contribution in [2.75, 3.05) is 11.5 Å². The van der Waals surface area contributed by atoms with Gasteiger partial charge in [0.1, 0.15) is 12.1 Å². The molecule has 0 aliphatic carbocycles. The second-order valence-electron chi connectivity index (χ2n) is 5.80. The molecule has 1 aromatic heterocycles. The van der Waals surface area contributed by atoms with E-state index in [4.69, 9.17) is 4.74 Å². The summed E-state index contributed by atoms with van der Waals surface area (Å²) in [5.41, 5.74) is 0.123. The van der Waals surface area contributed by atoms with Gasteiger partial charge >= 0.3 is 5.97 Å². The van der Waals surface area contributed by atoms with E-state index in [1.54, 1.807) is 6.07 Å². The highest BCUT2D eigenvalue weighted by Gasteiger charge is 2.43. The number of pyridine rings is 1. The van der Waals surface area contributed by atoms with E-state index in [0.717, 1.165) is 5.56 Å². The molecular formula is C18H18N2O4S. The Morgan fingerprint density at radius 1 is 1.28 bits per heavy atom. The highest BCUT2D eigenvalue weighted by Crippen LogP contribution is 2.28. The minimum absolute atomic E-state index is 0.321. The maximum atomic E-state index is 12.5. The first kappa shape index (κ1) is 17.3. The lowest BCUT2D eigenvalue weighted by atomic mass is 9.98. The first-order valence-electron chi connectivity index (χ1n) is 7.85. The number of amides is 1. The number of benzene rings is 1. The van der Waals surface area contributed by atoms with E-state index in [1.807, 2.05) is 30.3 Å². The van der Waals surface area contributed by atoms with Crippen LogP contribution in [0.15, 0.2) is 48.7 Å². The van der Waals surface area contributed by atoms with Crippen LogP contribution in [-0.2, 0) is 11.4 Å². The summed E-state index contributed by atoms with van der Waals surface area (Å²) in [6.45, 7) is 0.342. The highest BCUT2D eigenvalue weighted by atomic mass is 32.2. The van der Waals surface area contributed by atoms with Crippen molar-refractivity contribution in [3.05, 3.63) is 59.8 Å². The number of hydrogen-bond acceptors (Lipinski definition) is 5. The highest BCUT2D eigenvalue weighted by molar-refractivity contribution is 7.99. The third-order valence-corrected chi connectivity index (χ3v) is 5.20. The number of aliphatic carboxylic acids is 1. The standard InChI is InChI=1S/C18H18N2O4S/c21-16(20-18(17(22)23)7-9-25-12-18)14-6-8-19-15(10-14)24-11-13-4-2-1-3-5-13/h1-6,8,10H,7,9,11-12H2,(H,20,21)(H,22,23). The zero-order valence-corrected chi connectivity index (χ0v) is 14.3. The first-order chi connectivity index (χ1) is 12.1. The average Bonchev–Trinajstić information content (AvgIpc) is 3.11. The van der Waals surface area contributed by atoms with Crippen molar-refractivity contribution in [1.29, 1.82) is 0 Å². The summed E-state index contributed by atoms with van der Waals surface area (Å²) in [5, 5.41) is 12.1. The molecule has 130 valence electrons. The van der Waals surface area contributed by atoms with E-state index in [2.05, 4.69) is 10.3 Å². The van der Waals surface area contributed by atoms with Gasteiger partial charge in [0.15, 0.2) is 0 Å². The number of rotatable bonds is 6. The summed E-state index contributed by atoms with van der Waals surface area (Å²) >= 11 is 1.52. The average molecular weight is 358 g/mol. The van der Waals surface area contributed by atoms with Crippen molar-refractivity contribution in [3.8, 4) is 5.88 Å². The number of carboxylic acid groups (broad SMARTS) is 1. The molecule has 1 fully saturated rings. The maximum absolute atomic E-state index is 12.5. The van der Waals surface area contributed by atoms with Crippen molar-refractivity contribution in [3.63, 3.8) is 0 Å². The fourth-order valence-corrected chi connectivity index (χ4v) is 3.86. The number of nitrogens with one attached hydrogen (secondary N) is 1. The Labute approximate surface area is 149 Å². The van der Waals surface area contributed by atoms with Crippen LogP contribution in [0.4, 0.5) is 0 Å². The normalized spacial score (nSPS) is 19.4. The van der Waals surface area contributed by atoms with Gasteiger partial charge in [0.2, 0.25) is 5.88 Å². The number of carboxylic acids is 1. The summed E-state index contributed by atoms with van der Waals surface area (Å²) in [6.07, 6.45) is 1.90. The largest absolute Gasteiger partial charge is 0.479 e. The molecule has 2 N–H and O–H groups in total. The van der Waals surface area contributed by atoms with Gasteiger partial charge < -0.3 is 15.2 Å². The van der Waals surface area contributed by atoms with Crippen LogP contribution in [0.5, 0.6) is 5.88 Å². The number of thioether (sulfide) groups is 1. The molecule has 25 heavy (non-hydrogen) atoms. The molecule has 6 nitrogen and oxygen atoms in total. The molecule has 2 heterocycles. The van der Waals surface area contributed by atoms with Crippen molar-refractivity contribution < 1.29 is 19.4 Å². The van der Waals surface area contributed by atoms with E-state index in [0.29, 0.717) is 36.0 Å². The van der Waals surface area contributed by atoms with E-state index >= 15 is 0 Å². The van der Waals surface area contributed by atoms with Gasteiger partial charge in [-0.1, -0.05) is 30.3 Å². The van der Waals surface area contributed by atoms with Gasteiger partial charge in [-0.15, -0.1) is 0 Å². The molecule has 1 unspecified atom stereocenters.